The van der Waals surface area contributed by atoms with Crippen molar-refractivity contribution in [2.75, 3.05) is 4.90 Å². The van der Waals surface area contributed by atoms with Crippen LogP contribution in [0.3, 0.4) is 0 Å². The van der Waals surface area contributed by atoms with Crippen LogP contribution in [0.5, 0.6) is 0 Å². The first-order valence-corrected chi connectivity index (χ1v) is 17.2. The Balaban J connectivity index is 1.21. The van der Waals surface area contributed by atoms with Gasteiger partial charge in [0.05, 0.1) is 16.7 Å². The van der Waals surface area contributed by atoms with E-state index in [0.717, 1.165) is 22.7 Å². The lowest BCUT2D eigenvalue weighted by Crippen LogP contribution is -2.10. The van der Waals surface area contributed by atoms with Crippen LogP contribution in [0, 0.1) is 0 Å². The Morgan fingerprint density at radius 2 is 0.980 bits per heavy atom. The van der Waals surface area contributed by atoms with Crippen LogP contribution in [-0.4, -0.2) is 4.57 Å². The Hall–Kier alpha value is -6.64. The molecule has 0 aliphatic carbocycles. The van der Waals surface area contributed by atoms with Crippen molar-refractivity contribution < 1.29 is 0 Å². The lowest BCUT2D eigenvalue weighted by atomic mass is 9.98. The predicted octanol–water partition coefficient (Wildman–Crippen LogP) is 13.4. The number of para-hydroxylation sites is 2. The highest BCUT2D eigenvalue weighted by atomic mass is 15.1. The molecule has 10 aromatic rings. The molecule has 50 heavy (non-hydrogen) atoms. The van der Waals surface area contributed by atoms with Crippen molar-refractivity contribution in [2.45, 2.75) is 0 Å². The summed E-state index contributed by atoms with van der Waals surface area (Å²) in [6.45, 7) is 0. The van der Waals surface area contributed by atoms with Gasteiger partial charge in [0.2, 0.25) is 0 Å². The van der Waals surface area contributed by atoms with Gasteiger partial charge in [-0.15, -0.1) is 0 Å². The van der Waals surface area contributed by atoms with E-state index in [1.54, 1.807) is 0 Å². The van der Waals surface area contributed by atoms with Crippen LogP contribution >= 0.6 is 0 Å². The topological polar surface area (TPSA) is 8.17 Å². The molecule has 0 bridgehead atoms. The van der Waals surface area contributed by atoms with Crippen LogP contribution in [0.4, 0.5) is 17.1 Å². The fourth-order valence-corrected chi connectivity index (χ4v) is 7.90. The second kappa shape index (κ2) is 11.5. The van der Waals surface area contributed by atoms with Gasteiger partial charge < -0.3 is 9.47 Å². The first-order valence-electron chi connectivity index (χ1n) is 17.2. The third-order valence-corrected chi connectivity index (χ3v) is 10.1. The molecule has 0 amide bonds. The molecular weight excluding hydrogens is 605 g/mol. The Morgan fingerprint density at radius 1 is 0.360 bits per heavy atom. The molecule has 0 aliphatic heterocycles. The third-order valence-electron chi connectivity index (χ3n) is 10.1. The summed E-state index contributed by atoms with van der Waals surface area (Å²) < 4.78 is 2.39. The van der Waals surface area contributed by atoms with Gasteiger partial charge >= 0.3 is 0 Å². The molecule has 2 nitrogen and oxygen atoms in total. The van der Waals surface area contributed by atoms with Crippen LogP contribution in [0.1, 0.15) is 0 Å². The van der Waals surface area contributed by atoms with E-state index in [-0.39, 0.29) is 0 Å². The maximum Gasteiger partial charge on any atom is 0.0547 e. The van der Waals surface area contributed by atoms with E-state index in [0.29, 0.717) is 0 Å². The molecule has 0 aliphatic rings. The van der Waals surface area contributed by atoms with Gasteiger partial charge in [-0.2, -0.15) is 0 Å². The molecule has 1 aromatic heterocycles. The molecule has 234 valence electrons. The number of aromatic nitrogens is 1. The molecule has 1 heterocycles. The van der Waals surface area contributed by atoms with Gasteiger partial charge in [0.15, 0.2) is 0 Å². The van der Waals surface area contributed by atoms with E-state index < -0.39 is 0 Å². The summed E-state index contributed by atoms with van der Waals surface area (Å²) in [6, 6.07) is 70.5. The molecule has 2 heteroatoms. The van der Waals surface area contributed by atoms with Crippen molar-refractivity contribution in [3.63, 3.8) is 0 Å². The Bertz CT molecular complexity index is 2880. The molecule has 10 rings (SSSR count). The second-order valence-corrected chi connectivity index (χ2v) is 13.0. The van der Waals surface area contributed by atoms with Crippen molar-refractivity contribution >= 4 is 71.2 Å². The SMILES string of the molecule is c1ccc(-n2c3ccccc3c3c(-c4cccc(N(c5ccc6c(ccc7ccccc76)c5)c5cccc6ccccc56)c4)cccc32)cc1. The predicted molar refractivity (Wildman–Crippen MR) is 213 cm³/mol. The summed E-state index contributed by atoms with van der Waals surface area (Å²) >= 11 is 0. The summed E-state index contributed by atoms with van der Waals surface area (Å²) in [6.07, 6.45) is 0. The Labute approximate surface area is 290 Å². The van der Waals surface area contributed by atoms with Gasteiger partial charge in [-0.05, 0) is 92.7 Å². The molecule has 0 saturated carbocycles. The van der Waals surface area contributed by atoms with Crippen molar-refractivity contribution in [2.24, 2.45) is 0 Å². The highest BCUT2D eigenvalue weighted by molar-refractivity contribution is 6.16. The largest absolute Gasteiger partial charge is 0.310 e. The van der Waals surface area contributed by atoms with E-state index in [4.69, 9.17) is 0 Å². The molecular formula is C48H32N2. The minimum absolute atomic E-state index is 1.11. The van der Waals surface area contributed by atoms with Crippen LogP contribution in [0.25, 0.3) is 70.9 Å². The van der Waals surface area contributed by atoms with Crippen LogP contribution in [-0.2, 0) is 0 Å². The summed E-state index contributed by atoms with van der Waals surface area (Å²) in [4.78, 5) is 2.42. The van der Waals surface area contributed by atoms with Crippen molar-refractivity contribution in [3.8, 4) is 16.8 Å². The molecule has 0 spiro atoms. The van der Waals surface area contributed by atoms with Gasteiger partial charge in [-0.1, -0.05) is 140 Å². The minimum atomic E-state index is 1.11. The lowest BCUT2D eigenvalue weighted by molar-refractivity contribution is 1.18. The van der Waals surface area contributed by atoms with Gasteiger partial charge in [0, 0.05) is 33.2 Å². The number of rotatable bonds is 5. The minimum Gasteiger partial charge on any atom is -0.310 e. The molecule has 9 aromatic carbocycles. The number of benzene rings is 9. The average Bonchev–Trinajstić information content (AvgIpc) is 3.53. The van der Waals surface area contributed by atoms with E-state index in [1.165, 1.54) is 65.3 Å². The van der Waals surface area contributed by atoms with E-state index in [2.05, 4.69) is 204 Å². The molecule has 0 saturated heterocycles. The maximum absolute atomic E-state index is 2.42. The van der Waals surface area contributed by atoms with Gasteiger partial charge in [0.1, 0.15) is 0 Å². The van der Waals surface area contributed by atoms with Gasteiger partial charge in [-0.3, -0.25) is 0 Å². The first kappa shape index (κ1) is 28.4. The van der Waals surface area contributed by atoms with Crippen molar-refractivity contribution in [1.29, 1.82) is 0 Å². The van der Waals surface area contributed by atoms with Crippen LogP contribution < -0.4 is 4.90 Å². The van der Waals surface area contributed by atoms with Crippen molar-refractivity contribution in [1.82, 2.24) is 4.57 Å². The van der Waals surface area contributed by atoms with Crippen LogP contribution in [0.15, 0.2) is 194 Å². The first-order chi connectivity index (χ1) is 24.8. The molecule has 0 radical (unpaired) electrons. The van der Waals surface area contributed by atoms with Crippen molar-refractivity contribution in [3.05, 3.63) is 194 Å². The molecule has 0 unspecified atom stereocenters. The summed E-state index contributed by atoms with van der Waals surface area (Å²) in [5, 5.41) is 9.97. The summed E-state index contributed by atoms with van der Waals surface area (Å²) in [5.41, 5.74) is 9.36. The highest BCUT2D eigenvalue weighted by Gasteiger charge is 2.19. The van der Waals surface area contributed by atoms with E-state index in [9.17, 15) is 0 Å². The number of nitrogens with zero attached hydrogens (tertiary/aromatic N) is 2. The average molecular weight is 637 g/mol. The smallest absolute Gasteiger partial charge is 0.0547 e. The number of anilines is 3. The standard InChI is InChI=1S/C48H32N2/c1-2-17-37(18-3-1)50-46-24-9-8-22-44(46)48-43(23-12-26-47(48)50)35-16-10-19-38(31-35)49(45-25-11-15-33-13-5-7-21-42(33)45)39-29-30-41-36(32-39)28-27-34-14-4-6-20-40(34)41/h1-32H. The number of hydrogen-bond acceptors (Lipinski definition) is 1. The van der Waals surface area contributed by atoms with Crippen LogP contribution in [0.2, 0.25) is 0 Å². The van der Waals surface area contributed by atoms with Gasteiger partial charge in [-0.25, -0.2) is 0 Å². The fourth-order valence-electron chi connectivity index (χ4n) is 7.90. The third kappa shape index (κ3) is 4.50. The van der Waals surface area contributed by atoms with Gasteiger partial charge in [0.25, 0.3) is 0 Å². The zero-order chi connectivity index (χ0) is 33.0. The second-order valence-electron chi connectivity index (χ2n) is 13.0. The number of hydrogen-bond donors (Lipinski definition) is 0. The Morgan fingerprint density at radius 3 is 1.86 bits per heavy atom. The zero-order valence-corrected chi connectivity index (χ0v) is 27.4. The zero-order valence-electron chi connectivity index (χ0n) is 27.4. The summed E-state index contributed by atoms with van der Waals surface area (Å²) in [7, 11) is 0. The monoisotopic (exact) mass is 636 g/mol. The maximum atomic E-state index is 2.42. The quantitative estimate of drug-likeness (QED) is 0.171. The molecule has 0 atom stereocenters. The number of fused-ring (bicyclic) bond motifs is 7. The molecule has 0 fully saturated rings. The van der Waals surface area contributed by atoms with E-state index >= 15 is 0 Å². The normalized spacial score (nSPS) is 11.6. The van der Waals surface area contributed by atoms with E-state index in [1.807, 2.05) is 0 Å². The Kier molecular flexibility index (Phi) is 6.53. The fraction of sp³-hybridized carbons (Fsp3) is 0. The summed E-state index contributed by atoms with van der Waals surface area (Å²) in [5.74, 6) is 0. The molecule has 0 N–H and O–H groups in total. The highest BCUT2D eigenvalue weighted by Crippen LogP contribution is 2.43. The lowest BCUT2D eigenvalue weighted by Gasteiger charge is -2.28.